The lowest BCUT2D eigenvalue weighted by Crippen LogP contribution is -2.42. The molecule has 0 aliphatic rings. The van der Waals surface area contributed by atoms with Crippen molar-refractivity contribution < 1.29 is 14.6 Å². The normalized spacial score (nSPS) is 11.1. The summed E-state index contributed by atoms with van der Waals surface area (Å²) in [5.74, 6) is 0.466. The second kappa shape index (κ2) is 8.32. The molecule has 5 nitrogen and oxygen atoms in total. The number of hydrogen-bond acceptors (Lipinski definition) is 3. The maximum atomic E-state index is 12.4. The second-order valence-corrected chi connectivity index (χ2v) is 7.35. The minimum atomic E-state index is -0.223. The Balaban J connectivity index is 1.94. The zero-order valence-corrected chi connectivity index (χ0v) is 16.3. The molecule has 0 fully saturated rings. The van der Waals surface area contributed by atoms with E-state index >= 15 is 0 Å². The van der Waals surface area contributed by atoms with Gasteiger partial charge in [0.05, 0.1) is 7.11 Å². The fourth-order valence-electron chi connectivity index (χ4n) is 2.61. The Morgan fingerprint density at radius 3 is 2.46 bits per heavy atom. The molecular weight excluding hydrogens is 352 g/mol. The van der Waals surface area contributed by atoms with Gasteiger partial charge in [0.15, 0.2) is 11.5 Å². The van der Waals surface area contributed by atoms with Gasteiger partial charge in [-0.15, -0.1) is 0 Å². The lowest BCUT2D eigenvalue weighted by Gasteiger charge is -2.27. The van der Waals surface area contributed by atoms with E-state index in [1.807, 2.05) is 30.3 Å². The van der Waals surface area contributed by atoms with Crippen LogP contribution in [0.25, 0.3) is 0 Å². The van der Waals surface area contributed by atoms with E-state index in [9.17, 15) is 9.90 Å². The molecule has 0 saturated carbocycles. The molecule has 0 atom stereocenters. The lowest BCUT2D eigenvalue weighted by molar-refractivity contribution is 0.204. The van der Waals surface area contributed by atoms with Crippen LogP contribution in [0.2, 0.25) is 5.02 Å². The minimum absolute atomic E-state index is 0.0580. The molecule has 0 aliphatic heterocycles. The SMILES string of the molecule is COc1ccc(CN(C)C(=O)NCC(C)(C)c2ccc(Cl)cc2)cc1O. The van der Waals surface area contributed by atoms with Crippen LogP contribution in [0.4, 0.5) is 4.79 Å². The lowest BCUT2D eigenvalue weighted by atomic mass is 9.85. The number of amides is 2. The molecule has 0 bridgehead atoms. The van der Waals surface area contributed by atoms with E-state index in [2.05, 4.69) is 19.2 Å². The van der Waals surface area contributed by atoms with Crippen molar-refractivity contribution in [3.63, 3.8) is 0 Å². The Morgan fingerprint density at radius 1 is 1.23 bits per heavy atom. The third-order valence-electron chi connectivity index (χ3n) is 4.32. The van der Waals surface area contributed by atoms with Crippen LogP contribution in [-0.4, -0.2) is 36.7 Å². The van der Waals surface area contributed by atoms with Crippen molar-refractivity contribution >= 4 is 17.6 Å². The summed E-state index contributed by atoms with van der Waals surface area (Å²) in [7, 11) is 3.21. The summed E-state index contributed by atoms with van der Waals surface area (Å²) in [6.07, 6.45) is 0. The van der Waals surface area contributed by atoms with Gasteiger partial charge in [-0.05, 0) is 35.4 Å². The topological polar surface area (TPSA) is 61.8 Å². The van der Waals surface area contributed by atoms with Crippen molar-refractivity contribution in [2.24, 2.45) is 0 Å². The summed E-state index contributed by atoms with van der Waals surface area (Å²) in [4.78, 5) is 14.0. The third-order valence-corrected chi connectivity index (χ3v) is 4.57. The molecule has 0 unspecified atom stereocenters. The highest BCUT2D eigenvalue weighted by molar-refractivity contribution is 6.30. The van der Waals surface area contributed by atoms with Crippen LogP contribution < -0.4 is 10.1 Å². The minimum Gasteiger partial charge on any atom is -0.504 e. The van der Waals surface area contributed by atoms with Gasteiger partial charge >= 0.3 is 6.03 Å². The monoisotopic (exact) mass is 376 g/mol. The van der Waals surface area contributed by atoms with Gasteiger partial charge < -0.3 is 20.1 Å². The number of phenolic OH excluding ortho intramolecular Hbond substituents is 1. The molecule has 0 heterocycles. The molecule has 140 valence electrons. The predicted molar refractivity (Wildman–Crippen MR) is 104 cm³/mol. The first kappa shape index (κ1) is 19.9. The Hall–Kier alpha value is -2.40. The van der Waals surface area contributed by atoms with Crippen molar-refractivity contribution in [1.29, 1.82) is 0 Å². The van der Waals surface area contributed by atoms with Crippen molar-refractivity contribution in [2.75, 3.05) is 20.7 Å². The first-order valence-electron chi connectivity index (χ1n) is 8.34. The zero-order chi connectivity index (χ0) is 19.3. The molecule has 0 aliphatic carbocycles. The van der Waals surface area contributed by atoms with Gasteiger partial charge in [0.2, 0.25) is 0 Å². The Morgan fingerprint density at radius 2 is 1.88 bits per heavy atom. The van der Waals surface area contributed by atoms with Crippen LogP contribution in [0.5, 0.6) is 11.5 Å². The number of benzene rings is 2. The van der Waals surface area contributed by atoms with E-state index in [4.69, 9.17) is 16.3 Å². The van der Waals surface area contributed by atoms with Gasteiger partial charge in [0, 0.05) is 30.6 Å². The maximum absolute atomic E-state index is 12.4. The average Bonchev–Trinajstić information content (AvgIpc) is 2.60. The van der Waals surface area contributed by atoms with Crippen LogP contribution in [0.3, 0.4) is 0 Å². The van der Waals surface area contributed by atoms with Gasteiger partial charge in [-0.25, -0.2) is 4.79 Å². The van der Waals surface area contributed by atoms with Gasteiger partial charge in [-0.2, -0.15) is 0 Å². The number of ether oxygens (including phenoxy) is 1. The number of nitrogens with zero attached hydrogens (tertiary/aromatic N) is 1. The van der Waals surface area contributed by atoms with Crippen molar-refractivity contribution in [3.8, 4) is 11.5 Å². The second-order valence-electron chi connectivity index (χ2n) is 6.91. The first-order chi connectivity index (χ1) is 12.2. The van der Waals surface area contributed by atoms with E-state index in [0.717, 1.165) is 11.1 Å². The standard InChI is InChI=1S/C20H25ClN2O3/c1-20(2,15-6-8-16(21)9-7-15)13-22-19(25)23(3)12-14-5-10-18(26-4)17(24)11-14/h5-11,24H,12-13H2,1-4H3,(H,22,25). The summed E-state index contributed by atoms with van der Waals surface area (Å²) in [5, 5.41) is 13.5. The number of nitrogens with one attached hydrogen (secondary N) is 1. The fraction of sp³-hybridized carbons (Fsp3) is 0.350. The molecule has 2 N–H and O–H groups in total. The highest BCUT2D eigenvalue weighted by atomic mass is 35.5. The van der Waals surface area contributed by atoms with Gasteiger partial charge in [0.25, 0.3) is 0 Å². The molecule has 6 heteroatoms. The van der Waals surface area contributed by atoms with Crippen LogP contribution in [0.15, 0.2) is 42.5 Å². The Kier molecular flexibility index (Phi) is 6.37. The maximum Gasteiger partial charge on any atom is 0.317 e. The predicted octanol–water partition coefficient (Wildman–Crippen LogP) is 4.17. The van der Waals surface area contributed by atoms with Crippen LogP contribution in [0.1, 0.15) is 25.0 Å². The number of carbonyl (C=O) groups is 1. The summed E-state index contributed by atoms with van der Waals surface area (Å²) >= 11 is 5.94. The molecule has 2 aromatic rings. The largest absolute Gasteiger partial charge is 0.504 e. The van der Waals surface area contributed by atoms with Crippen LogP contribution in [-0.2, 0) is 12.0 Å². The van der Waals surface area contributed by atoms with E-state index in [0.29, 0.717) is 23.9 Å². The molecule has 2 aromatic carbocycles. The van der Waals surface area contributed by atoms with Crippen molar-refractivity contribution in [3.05, 3.63) is 58.6 Å². The van der Waals surface area contributed by atoms with E-state index in [1.54, 1.807) is 24.1 Å². The first-order valence-corrected chi connectivity index (χ1v) is 8.71. The summed E-state index contributed by atoms with van der Waals surface area (Å²) in [6, 6.07) is 12.6. The van der Waals surface area contributed by atoms with E-state index in [-0.39, 0.29) is 17.2 Å². The van der Waals surface area contributed by atoms with Gasteiger partial charge in [-0.1, -0.05) is 43.6 Å². The summed E-state index contributed by atoms with van der Waals surface area (Å²) in [6.45, 7) is 5.01. The number of urea groups is 1. The van der Waals surface area contributed by atoms with Gasteiger partial charge in [-0.3, -0.25) is 0 Å². The summed E-state index contributed by atoms with van der Waals surface area (Å²) in [5.41, 5.74) is 1.70. The highest BCUT2D eigenvalue weighted by Gasteiger charge is 2.22. The number of rotatable bonds is 6. The number of aromatic hydroxyl groups is 1. The Bertz CT molecular complexity index is 760. The molecule has 0 aromatic heterocycles. The number of phenols is 1. The molecule has 0 saturated heterocycles. The van der Waals surface area contributed by atoms with E-state index in [1.165, 1.54) is 7.11 Å². The number of hydrogen-bond donors (Lipinski definition) is 2. The number of carbonyl (C=O) groups excluding carboxylic acids is 1. The molecule has 2 rings (SSSR count). The van der Waals surface area contributed by atoms with Gasteiger partial charge in [0.1, 0.15) is 0 Å². The van der Waals surface area contributed by atoms with E-state index < -0.39 is 0 Å². The molecule has 26 heavy (non-hydrogen) atoms. The highest BCUT2D eigenvalue weighted by Crippen LogP contribution is 2.27. The Labute approximate surface area is 159 Å². The van der Waals surface area contributed by atoms with Crippen molar-refractivity contribution in [2.45, 2.75) is 25.8 Å². The van der Waals surface area contributed by atoms with Crippen molar-refractivity contribution in [1.82, 2.24) is 10.2 Å². The average molecular weight is 377 g/mol. The molecular formula is C20H25ClN2O3. The fourth-order valence-corrected chi connectivity index (χ4v) is 2.74. The number of halogens is 1. The summed E-state index contributed by atoms with van der Waals surface area (Å²) < 4.78 is 5.03. The van der Waals surface area contributed by atoms with Crippen LogP contribution in [0, 0.1) is 0 Å². The molecule has 2 amide bonds. The molecule has 0 radical (unpaired) electrons. The zero-order valence-electron chi connectivity index (χ0n) is 15.5. The molecule has 0 spiro atoms. The smallest absolute Gasteiger partial charge is 0.317 e. The van der Waals surface area contributed by atoms with Crippen LogP contribution >= 0.6 is 11.6 Å². The quantitative estimate of drug-likeness (QED) is 0.795. The third kappa shape index (κ3) is 5.05. The number of methoxy groups -OCH3 is 1.